The van der Waals surface area contributed by atoms with Gasteiger partial charge in [0.05, 0.1) is 6.26 Å². The Balaban J connectivity index is 1.22. The van der Waals surface area contributed by atoms with Crippen molar-refractivity contribution in [2.45, 2.75) is 95.4 Å². The van der Waals surface area contributed by atoms with Crippen molar-refractivity contribution in [2.75, 3.05) is 32.4 Å². The Morgan fingerprint density at radius 3 is 2.12 bits per heavy atom. The molecule has 7 nitrogen and oxygen atoms in total. The lowest BCUT2D eigenvalue weighted by Crippen LogP contribution is -2.48. The molecular weight excluding hydrogens is 546 g/mol. The fraction of sp³-hybridized carbons (Fsp3) is 0.618. The number of rotatable bonds is 10. The van der Waals surface area contributed by atoms with Gasteiger partial charge in [0.1, 0.15) is 6.61 Å². The van der Waals surface area contributed by atoms with Crippen molar-refractivity contribution < 1.29 is 17.9 Å². The zero-order valence-corrected chi connectivity index (χ0v) is 26.3. The first-order chi connectivity index (χ1) is 20.3. The van der Waals surface area contributed by atoms with E-state index in [9.17, 15) is 13.2 Å². The molecule has 8 heteroatoms. The van der Waals surface area contributed by atoms with Crippen molar-refractivity contribution in [1.82, 2.24) is 14.1 Å². The topological polar surface area (TPSA) is 70.2 Å². The number of nitrogens with zero attached hydrogens (tertiary/aromatic N) is 3. The number of hydrogen-bond donors (Lipinski definition) is 0. The number of likely N-dealkylation sites (tertiary alicyclic amines) is 1. The normalized spacial score (nSPS) is 24.6. The standard InChI is InChI=1S/C34H49N3O4S/c1-3-36(34(38)41-26-27-13-7-4-8-14-27)30-19-21-35(22-20-30)25-29-23-32(24-33(29)28-15-9-5-10-16-28)37(42(2,39)40)31-17-11-6-12-18-31/h4-5,7-10,13-16,29-33H,3,6,11-12,17-26H2,1-2H3. The largest absolute Gasteiger partial charge is 0.445 e. The molecule has 1 aliphatic heterocycles. The minimum Gasteiger partial charge on any atom is -0.445 e. The molecule has 0 radical (unpaired) electrons. The molecule has 230 valence electrons. The quantitative estimate of drug-likeness (QED) is 0.324. The van der Waals surface area contributed by atoms with E-state index in [2.05, 4.69) is 35.2 Å². The molecule has 1 heterocycles. The molecule has 3 unspecified atom stereocenters. The molecule has 0 N–H and O–H groups in total. The van der Waals surface area contributed by atoms with Crippen LogP contribution in [0.25, 0.3) is 0 Å². The van der Waals surface area contributed by atoms with Gasteiger partial charge in [-0.2, -0.15) is 4.31 Å². The molecule has 3 atom stereocenters. The number of carbonyl (C=O) groups is 1. The van der Waals surface area contributed by atoms with Crippen LogP contribution in [0.15, 0.2) is 60.7 Å². The van der Waals surface area contributed by atoms with E-state index >= 15 is 0 Å². The van der Waals surface area contributed by atoms with E-state index in [0.717, 1.165) is 76.6 Å². The van der Waals surface area contributed by atoms with Gasteiger partial charge in [-0.1, -0.05) is 79.9 Å². The third-order valence-corrected chi connectivity index (χ3v) is 11.2. The minimum atomic E-state index is -3.29. The molecule has 3 fully saturated rings. The maximum atomic E-state index is 13.1. The van der Waals surface area contributed by atoms with Crippen LogP contribution in [0.3, 0.4) is 0 Å². The average molecular weight is 596 g/mol. The van der Waals surface area contributed by atoms with E-state index in [1.807, 2.05) is 46.5 Å². The molecule has 2 aromatic carbocycles. The first-order valence-corrected chi connectivity index (χ1v) is 17.9. The van der Waals surface area contributed by atoms with E-state index in [4.69, 9.17) is 4.74 Å². The van der Waals surface area contributed by atoms with Crippen molar-refractivity contribution in [3.8, 4) is 0 Å². The Labute approximate surface area is 253 Å². The van der Waals surface area contributed by atoms with Gasteiger partial charge in [-0.15, -0.1) is 0 Å². The molecule has 2 saturated carbocycles. The molecule has 0 bridgehead atoms. The lowest BCUT2D eigenvalue weighted by molar-refractivity contribution is 0.0600. The third kappa shape index (κ3) is 7.74. The van der Waals surface area contributed by atoms with Crippen LogP contribution in [0.2, 0.25) is 0 Å². The van der Waals surface area contributed by atoms with E-state index in [0.29, 0.717) is 25.0 Å². The summed E-state index contributed by atoms with van der Waals surface area (Å²) in [5, 5.41) is 0. The molecule has 0 aromatic heterocycles. The van der Waals surface area contributed by atoms with E-state index < -0.39 is 10.0 Å². The van der Waals surface area contributed by atoms with Crippen LogP contribution in [0.1, 0.15) is 81.8 Å². The Morgan fingerprint density at radius 2 is 1.50 bits per heavy atom. The number of piperidine rings is 1. The van der Waals surface area contributed by atoms with Crippen LogP contribution in [0.4, 0.5) is 4.79 Å². The number of amides is 1. The summed E-state index contributed by atoms with van der Waals surface area (Å²) in [5.41, 5.74) is 2.33. The molecule has 0 spiro atoms. The summed E-state index contributed by atoms with van der Waals surface area (Å²) in [6.07, 6.45) is 10.3. The Morgan fingerprint density at radius 1 is 0.857 bits per heavy atom. The van der Waals surface area contributed by atoms with Crippen molar-refractivity contribution in [3.63, 3.8) is 0 Å². The number of ether oxygens (including phenoxy) is 1. The first-order valence-electron chi connectivity index (χ1n) is 16.1. The maximum absolute atomic E-state index is 13.1. The Hall–Kier alpha value is -2.42. The van der Waals surface area contributed by atoms with Crippen LogP contribution in [-0.4, -0.2) is 79.2 Å². The maximum Gasteiger partial charge on any atom is 0.410 e. The van der Waals surface area contributed by atoms with Gasteiger partial charge in [0.25, 0.3) is 0 Å². The van der Waals surface area contributed by atoms with Crippen molar-refractivity contribution >= 4 is 16.1 Å². The van der Waals surface area contributed by atoms with Crippen LogP contribution in [0, 0.1) is 5.92 Å². The van der Waals surface area contributed by atoms with Crippen molar-refractivity contribution in [2.24, 2.45) is 5.92 Å². The van der Waals surface area contributed by atoms with Gasteiger partial charge in [-0.05, 0) is 68.4 Å². The van der Waals surface area contributed by atoms with Gasteiger partial charge in [0.2, 0.25) is 10.0 Å². The highest BCUT2D eigenvalue weighted by atomic mass is 32.2. The summed E-state index contributed by atoms with van der Waals surface area (Å²) in [5.74, 6) is 0.752. The molecule has 5 rings (SSSR count). The first kappa shape index (κ1) is 31.0. The van der Waals surface area contributed by atoms with Crippen LogP contribution in [0.5, 0.6) is 0 Å². The second kappa shape index (κ2) is 14.4. The zero-order chi connectivity index (χ0) is 29.5. The smallest absolute Gasteiger partial charge is 0.410 e. The van der Waals surface area contributed by atoms with Crippen molar-refractivity contribution in [1.29, 1.82) is 0 Å². The van der Waals surface area contributed by atoms with Gasteiger partial charge in [-0.3, -0.25) is 0 Å². The highest BCUT2D eigenvalue weighted by Gasteiger charge is 2.44. The molecule has 2 aliphatic carbocycles. The molecule has 1 saturated heterocycles. The number of benzene rings is 2. The minimum absolute atomic E-state index is 0.0609. The molecular formula is C34H49N3O4S. The molecule has 42 heavy (non-hydrogen) atoms. The van der Waals surface area contributed by atoms with Crippen LogP contribution in [-0.2, 0) is 21.4 Å². The van der Waals surface area contributed by atoms with E-state index in [1.54, 1.807) is 0 Å². The number of hydrogen-bond acceptors (Lipinski definition) is 5. The molecule has 2 aromatic rings. The summed E-state index contributed by atoms with van der Waals surface area (Å²) >= 11 is 0. The predicted molar refractivity (Wildman–Crippen MR) is 168 cm³/mol. The highest BCUT2D eigenvalue weighted by molar-refractivity contribution is 7.88. The average Bonchev–Trinajstić information content (AvgIpc) is 3.40. The van der Waals surface area contributed by atoms with Crippen LogP contribution < -0.4 is 0 Å². The Bertz CT molecular complexity index is 1230. The fourth-order valence-electron chi connectivity index (χ4n) is 7.87. The number of sulfonamides is 1. The Kier molecular flexibility index (Phi) is 10.6. The molecule has 1 amide bonds. The summed E-state index contributed by atoms with van der Waals surface area (Å²) in [6, 6.07) is 20.9. The van der Waals surface area contributed by atoms with E-state index in [-0.39, 0.29) is 24.2 Å². The highest BCUT2D eigenvalue weighted by Crippen LogP contribution is 2.44. The summed E-state index contributed by atoms with van der Waals surface area (Å²) in [4.78, 5) is 17.4. The lowest BCUT2D eigenvalue weighted by Gasteiger charge is -2.39. The van der Waals surface area contributed by atoms with Gasteiger partial charge in [0.15, 0.2) is 0 Å². The number of carbonyl (C=O) groups excluding carboxylic acids is 1. The lowest BCUT2D eigenvalue weighted by atomic mass is 9.88. The fourth-order valence-corrected chi connectivity index (χ4v) is 9.34. The predicted octanol–water partition coefficient (Wildman–Crippen LogP) is 6.27. The second-order valence-electron chi connectivity index (χ2n) is 12.6. The summed E-state index contributed by atoms with van der Waals surface area (Å²) in [6.45, 7) is 5.81. The molecule has 3 aliphatic rings. The summed E-state index contributed by atoms with van der Waals surface area (Å²) in [7, 11) is -3.29. The van der Waals surface area contributed by atoms with Gasteiger partial charge >= 0.3 is 6.09 Å². The van der Waals surface area contributed by atoms with Gasteiger partial charge < -0.3 is 14.5 Å². The van der Waals surface area contributed by atoms with Gasteiger partial charge in [0, 0.05) is 44.3 Å². The second-order valence-corrected chi connectivity index (χ2v) is 14.5. The van der Waals surface area contributed by atoms with E-state index in [1.165, 1.54) is 18.2 Å². The zero-order valence-electron chi connectivity index (χ0n) is 25.4. The van der Waals surface area contributed by atoms with Crippen molar-refractivity contribution in [3.05, 3.63) is 71.8 Å². The summed E-state index contributed by atoms with van der Waals surface area (Å²) < 4.78 is 33.9. The third-order valence-electron chi connectivity index (χ3n) is 9.85. The van der Waals surface area contributed by atoms with Gasteiger partial charge in [-0.25, -0.2) is 13.2 Å². The SMILES string of the molecule is CCN(C(=O)OCc1ccccc1)C1CCN(CC2CC(N(C3CCCCC3)S(C)(=O)=O)CC2c2ccccc2)CC1. The van der Waals surface area contributed by atoms with Crippen LogP contribution >= 0.6 is 0 Å². The monoisotopic (exact) mass is 595 g/mol.